The fraction of sp³-hybridized carbons (Fsp3) is 0.391. The highest BCUT2D eigenvalue weighted by Gasteiger charge is 2.29. The maximum absolute atomic E-state index is 12.4. The van der Waals surface area contributed by atoms with Crippen LogP contribution in [0.3, 0.4) is 0 Å². The van der Waals surface area contributed by atoms with Crippen LogP contribution in [0.1, 0.15) is 17.5 Å². The summed E-state index contributed by atoms with van der Waals surface area (Å²) < 4.78 is 0. The van der Waals surface area contributed by atoms with E-state index in [0.717, 1.165) is 32.0 Å². The van der Waals surface area contributed by atoms with Crippen LogP contribution in [0.5, 0.6) is 0 Å². The zero-order valence-corrected chi connectivity index (χ0v) is 19.6. The predicted octanol–water partition coefficient (Wildman–Crippen LogP) is 3.40. The zero-order chi connectivity index (χ0) is 19.8. The summed E-state index contributed by atoms with van der Waals surface area (Å²) >= 11 is 0. The molecule has 1 heterocycles. The smallest absolute Gasteiger partial charge is 0.223 e. The lowest BCUT2D eigenvalue weighted by Gasteiger charge is -2.20. The van der Waals surface area contributed by atoms with Gasteiger partial charge < -0.3 is 15.1 Å². The molecule has 2 aromatic carbocycles. The Hall–Kier alpha value is -2.09. The van der Waals surface area contributed by atoms with Crippen LogP contribution >= 0.6 is 24.0 Å². The van der Waals surface area contributed by atoms with Gasteiger partial charge in [-0.05, 0) is 17.5 Å². The summed E-state index contributed by atoms with van der Waals surface area (Å²) in [7, 11) is 3.98. The fourth-order valence-electron chi connectivity index (χ4n) is 3.46. The highest BCUT2D eigenvalue weighted by atomic mass is 127. The second kappa shape index (κ2) is 11.8. The Bertz CT molecular complexity index is 780. The van der Waals surface area contributed by atoms with Gasteiger partial charge in [0.05, 0.1) is 6.54 Å². The first kappa shape index (κ1) is 23.2. The molecule has 0 radical (unpaired) electrons. The molecule has 6 heteroatoms. The van der Waals surface area contributed by atoms with E-state index < -0.39 is 0 Å². The number of guanidine groups is 1. The van der Waals surface area contributed by atoms with E-state index in [4.69, 9.17) is 4.99 Å². The fourth-order valence-corrected chi connectivity index (χ4v) is 3.46. The Morgan fingerprint density at radius 1 is 1.07 bits per heavy atom. The second-order valence-corrected chi connectivity index (χ2v) is 7.55. The van der Waals surface area contributed by atoms with Gasteiger partial charge in [0.15, 0.2) is 5.96 Å². The van der Waals surface area contributed by atoms with Crippen molar-refractivity contribution in [1.82, 2.24) is 15.1 Å². The lowest BCUT2D eigenvalue weighted by molar-refractivity contribution is -0.127. The van der Waals surface area contributed by atoms with Crippen LogP contribution in [0.25, 0.3) is 0 Å². The number of likely N-dealkylation sites (tertiary alicyclic amines) is 1. The number of carbonyl (C=O) groups excluding carboxylic acids is 1. The molecule has 0 aliphatic carbocycles. The average molecular weight is 506 g/mol. The Morgan fingerprint density at radius 3 is 2.31 bits per heavy atom. The number of nitrogens with zero attached hydrogens (tertiary/aromatic N) is 3. The molecule has 1 N–H and O–H groups in total. The van der Waals surface area contributed by atoms with E-state index in [1.54, 1.807) is 0 Å². The number of hydrogen-bond acceptors (Lipinski definition) is 2. The first-order valence-electron chi connectivity index (χ1n) is 9.93. The molecule has 1 atom stereocenters. The number of nitrogens with one attached hydrogen (secondary N) is 1. The monoisotopic (exact) mass is 506 g/mol. The topological polar surface area (TPSA) is 47.9 Å². The minimum Gasteiger partial charge on any atom is -0.356 e. The van der Waals surface area contributed by atoms with E-state index in [0.29, 0.717) is 18.9 Å². The Labute approximate surface area is 191 Å². The predicted molar refractivity (Wildman–Crippen MR) is 130 cm³/mol. The Morgan fingerprint density at radius 2 is 1.69 bits per heavy atom. The quantitative estimate of drug-likeness (QED) is 0.356. The molecule has 1 aliphatic rings. The van der Waals surface area contributed by atoms with Crippen LogP contribution in [-0.2, 0) is 17.8 Å². The number of aliphatic imine (C=N–C) groups is 1. The van der Waals surface area contributed by atoms with Gasteiger partial charge in [-0.3, -0.25) is 4.79 Å². The molecule has 0 spiro atoms. The van der Waals surface area contributed by atoms with Gasteiger partial charge in [-0.1, -0.05) is 60.7 Å². The van der Waals surface area contributed by atoms with Crippen molar-refractivity contribution >= 4 is 35.8 Å². The molecule has 0 bridgehead atoms. The summed E-state index contributed by atoms with van der Waals surface area (Å²) in [4.78, 5) is 21.0. The van der Waals surface area contributed by atoms with E-state index in [2.05, 4.69) is 29.6 Å². The summed E-state index contributed by atoms with van der Waals surface area (Å²) in [6.07, 6.45) is 1.52. The molecule has 0 saturated carbocycles. The van der Waals surface area contributed by atoms with Crippen LogP contribution in [0.4, 0.5) is 0 Å². The normalized spacial score (nSPS) is 16.5. The van der Waals surface area contributed by atoms with Gasteiger partial charge in [0.1, 0.15) is 0 Å². The number of hydrogen-bond donors (Lipinski definition) is 1. The van der Waals surface area contributed by atoms with Crippen LogP contribution in [0.2, 0.25) is 0 Å². The molecule has 2 aromatic rings. The summed E-state index contributed by atoms with van der Waals surface area (Å²) in [6.45, 7) is 3.02. The molecule has 1 aliphatic heterocycles. The molecular weight excluding hydrogens is 475 g/mol. The lowest BCUT2D eigenvalue weighted by atomic mass is 10.1. The highest BCUT2D eigenvalue weighted by molar-refractivity contribution is 14.0. The molecule has 1 amide bonds. The van der Waals surface area contributed by atoms with Gasteiger partial charge in [0.25, 0.3) is 0 Å². The largest absolute Gasteiger partial charge is 0.356 e. The first-order chi connectivity index (χ1) is 13.6. The van der Waals surface area contributed by atoms with Gasteiger partial charge in [0.2, 0.25) is 5.91 Å². The van der Waals surface area contributed by atoms with Crippen molar-refractivity contribution < 1.29 is 4.79 Å². The first-order valence-corrected chi connectivity index (χ1v) is 9.93. The minimum atomic E-state index is 0. The number of rotatable bonds is 7. The summed E-state index contributed by atoms with van der Waals surface area (Å²) in [5, 5.41) is 3.44. The van der Waals surface area contributed by atoms with Crippen LogP contribution in [0, 0.1) is 5.92 Å². The third-order valence-corrected chi connectivity index (χ3v) is 5.03. The molecule has 5 nitrogen and oxygen atoms in total. The SMILES string of the molecule is CN(C)C(=NCc1ccccc1)NCC1CC(=O)N(CCc2ccccc2)C1.I. The van der Waals surface area contributed by atoms with Gasteiger partial charge in [-0.25, -0.2) is 4.99 Å². The van der Waals surface area contributed by atoms with E-state index in [9.17, 15) is 4.79 Å². The average Bonchev–Trinajstić information content (AvgIpc) is 3.07. The number of halogens is 1. The third kappa shape index (κ3) is 7.34. The van der Waals surface area contributed by atoms with E-state index in [-0.39, 0.29) is 29.9 Å². The van der Waals surface area contributed by atoms with Gasteiger partial charge >= 0.3 is 0 Å². The van der Waals surface area contributed by atoms with Crippen LogP contribution < -0.4 is 5.32 Å². The number of amides is 1. The number of benzene rings is 2. The lowest BCUT2D eigenvalue weighted by Crippen LogP contribution is -2.39. The van der Waals surface area contributed by atoms with Crippen molar-refractivity contribution in [3.8, 4) is 0 Å². The molecule has 1 saturated heterocycles. The van der Waals surface area contributed by atoms with Gasteiger partial charge in [-0.15, -0.1) is 24.0 Å². The Kier molecular flexibility index (Phi) is 9.44. The van der Waals surface area contributed by atoms with Crippen LogP contribution in [-0.4, -0.2) is 55.4 Å². The molecule has 1 fully saturated rings. The molecule has 1 unspecified atom stereocenters. The highest BCUT2D eigenvalue weighted by Crippen LogP contribution is 2.17. The van der Waals surface area contributed by atoms with Crippen molar-refractivity contribution in [3.05, 3.63) is 71.8 Å². The van der Waals surface area contributed by atoms with E-state index in [1.807, 2.05) is 60.3 Å². The third-order valence-electron chi connectivity index (χ3n) is 5.03. The van der Waals surface area contributed by atoms with Crippen molar-refractivity contribution in [1.29, 1.82) is 0 Å². The van der Waals surface area contributed by atoms with Crippen molar-refractivity contribution in [2.75, 3.05) is 33.7 Å². The zero-order valence-electron chi connectivity index (χ0n) is 17.3. The van der Waals surface area contributed by atoms with E-state index >= 15 is 0 Å². The molecule has 156 valence electrons. The standard InChI is InChI=1S/C23H30N4O.HI/c1-26(2)23(24-16-20-11-7-4-8-12-20)25-17-21-15-22(28)27(18-21)14-13-19-9-5-3-6-10-19;/h3-12,21H,13-18H2,1-2H3,(H,24,25);1H. The Balaban J connectivity index is 0.00000300. The van der Waals surface area contributed by atoms with Crippen molar-refractivity contribution in [2.45, 2.75) is 19.4 Å². The van der Waals surface area contributed by atoms with Gasteiger partial charge in [-0.2, -0.15) is 0 Å². The molecule has 3 rings (SSSR count). The van der Waals surface area contributed by atoms with E-state index in [1.165, 1.54) is 11.1 Å². The molecule has 29 heavy (non-hydrogen) atoms. The second-order valence-electron chi connectivity index (χ2n) is 7.55. The molecular formula is C23H31IN4O. The maximum Gasteiger partial charge on any atom is 0.223 e. The maximum atomic E-state index is 12.4. The van der Waals surface area contributed by atoms with Crippen molar-refractivity contribution in [2.24, 2.45) is 10.9 Å². The number of carbonyl (C=O) groups is 1. The van der Waals surface area contributed by atoms with Crippen LogP contribution in [0.15, 0.2) is 65.7 Å². The van der Waals surface area contributed by atoms with Crippen molar-refractivity contribution in [3.63, 3.8) is 0 Å². The summed E-state index contributed by atoms with van der Waals surface area (Å²) in [5.74, 6) is 1.44. The summed E-state index contributed by atoms with van der Waals surface area (Å²) in [5.41, 5.74) is 2.46. The minimum absolute atomic E-state index is 0. The van der Waals surface area contributed by atoms with Gasteiger partial charge in [0, 0.05) is 46.1 Å². The molecule has 0 aromatic heterocycles. The summed E-state index contributed by atoms with van der Waals surface area (Å²) in [6, 6.07) is 20.6.